The zero-order valence-electron chi connectivity index (χ0n) is 14.5. The lowest BCUT2D eigenvalue weighted by Crippen LogP contribution is -2.40. The number of likely N-dealkylation sites (tertiary alicyclic amines) is 1. The van der Waals surface area contributed by atoms with E-state index in [-0.39, 0.29) is 18.0 Å². The van der Waals surface area contributed by atoms with Gasteiger partial charge in [0, 0.05) is 24.7 Å². The number of carbonyl (C=O) groups is 1. The predicted octanol–water partition coefficient (Wildman–Crippen LogP) is 1.85. The number of anilines is 1. The highest BCUT2D eigenvalue weighted by atomic mass is 16.5. The number of nitriles is 1. The molecule has 7 heteroatoms. The van der Waals surface area contributed by atoms with Gasteiger partial charge in [-0.3, -0.25) is 4.79 Å². The molecule has 0 unspecified atom stereocenters. The summed E-state index contributed by atoms with van der Waals surface area (Å²) in [7, 11) is 1.59. The van der Waals surface area contributed by atoms with Gasteiger partial charge in [0.1, 0.15) is 12.1 Å². The number of benzene rings is 1. The highest BCUT2D eigenvalue weighted by molar-refractivity contribution is 5.95. The van der Waals surface area contributed by atoms with Crippen LogP contribution in [0.5, 0.6) is 5.88 Å². The molecule has 2 fully saturated rings. The molecule has 2 saturated heterocycles. The van der Waals surface area contributed by atoms with Gasteiger partial charge in [0.2, 0.25) is 5.88 Å². The molecule has 0 aliphatic carbocycles. The first-order valence-electron chi connectivity index (χ1n) is 8.65. The number of methoxy groups -OCH3 is 1. The monoisotopic (exact) mass is 349 g/mol. The fourth-order valence-corrected chi connectivity index (χ4v) is 3.97. The Morgan fingerprint density at radius 2 is 1.96 bits per heavy atom. The van der Waals surface area contributed by atoms with Crippen LogP contribution in [0.15, 0.2) is 36.7 Å². The van der Waals surface area contributed by atoms with Crippen molar-refractivity contribution in [3.63, 3.8) is 0 Å². The van der Waals surface area contributed by atoms with Gasteiger partial charge in [-0.2, -0.15) is 5.26 Å². The van der Waals surface area contributed by atoms with Crippen LogP contribution >= 0.6 is 0 Å². The molecule has 1 aromatic heterocycles. The van der Waals surface area contributed by atoms with Crippen LogP contribution in [0, 0.1) is 11.3 Å². The van der Waals surface area contributed by atoms with Gasteiger partial charge in [-0.25, -0.2) is 9.97 Å². The first kappa shape index (κ1) is 16.3. The van der Waals surface area contributed by atoms with Crippen LogP contribution in [0.25, 0.3) is 0 Å². The number of carbonyl (C=O) groups excluding carboxylic acids is 1. The average Bonchev–Trinajstić information content (AvgIpc) is 3.29. The van der Waals surface area contributed by atoms with Gasteiger partial charge < -0.3 is 14.5 Å². The summed E-state index contributed by atoms with van der Waals surface area (Å²) in [5.74, 6) is 1.42. The lowest BCUT2D eigenvalue weighted by Gasteiger charge is -2.26. The van der Waals surface area contributed by atoms with E-state index in [1.165, 1.54) is 6.33 Å². The molecule has 4 rings (SSSR count). The van der Waals surface area contributed by atoms with Gasteiger partial charge in [0.05, 0.1) is 30.8 Å². The number of hydrogen-bond acceptors (Lipinski definition) is 6. The van der Waals surface area contributed by atoms with Crippen molar-refractivity contribution < 1.29 is 9.53 Å². The van der Waals surface area contributed by atoms with E-state index < -0.39 is 0 Å². The summed E-state index contributed by atoms with van der Waals surface area (Å²) in [6, 6.07) is 11.2. The largest absolute Gasteiger partial charge is 0.481 e. The molecule has 0 N–H and O–H groups in total. The average molecular weight is 349 g/mol. The van der Waals surface area contributed by atoms with E-state index in [4.69, 9.17) is 10.00 Å². The lowest BCUT2D eigenvalue weighted by molar-refractivity contribution is 0.0737. The van der Waals surface area contributed by atoms with E-state index in [1.807, 2.05) is 11.0 Å². The summed E-state index contributed by atoms with van der Waals surface area (Å²) >= 11 is 0. The molecule has 0 radical (unpaired) electrons. The Balaban J connectivity index is 1.52. The lowest BCUT2D eigenvalue weighted by atomic mass is 10.1. The Kier molecular flexibility index (Phi) is 4.17. The van der Waals surface area contributed by atoms with Crippen LogP contribution in [-0.4, -0.2) is 53.1 Å². The van der Waals surface area contributed by atoms with Crippen molar-refractivity contribution in [1.82, 2.24) is 14.9 Å². The zero-order valence-corrected chi connectivity index (χ0v) is 14.5. The highest BCUT2D eigenvalue weighted by Crippen LogP contribution is 2.35. The van der Waals surface area contributed by atoms with Crippen molar-refractivity contribution >= 4 is 11.7 Å². The third kappa shape index (κ3) is 2.73. The maximum atomic E-state index is 12.9. The smallest absolute Gasteiger partial charge is 0.254 e. The number of hydrogen-bond donors (Lipinski definition) is 0. The van der Waals surface area contributed by atoms with E-state index in [9.17, 15) is 4.79 Å². The van der Waals surface area contributed by atoms with Crippen molar-refractivity contribution in [3.8, 4) is 11.9 Å². The molecule has 3 heterocycles. The Labute approximate surface area is 151 Å². The minimum atomic E-state index is 0.0316. The van der Waals surface area contributed by atoms with Crippen LogP contribution in [0.1, 0.15) is 28.8 Å². The van der Waals surface area contributed by atoms with Gasteiger partial charge in [-0.05, 0) is 37.1 Å². The number of amides is 1. The molecule has 0 saturated carbocycles. The molecule has 1 aromatic carbocycles. The molecule has 2 aliphatic heterocycles. The van der Waals surface area contributed by atoms with Gasteiger partial charge in [-0.15, -0.1) is 0 Å². The van der Waals surface area contributed by atoms with Gasteiger partial charge in [-0.1, -0.05) is 0 Å². The molecule has 0 bridgehead atoms. The minimum Gasteiger partial charge on any atom is -0.481 e. The van der Waals surface area contributed by atoms with Crippen LogP contribution in [-0.2, 0) is 0 Å². The fourth-order valence-electron chi connectivity index (χ4n) is 3.97. The fraction of sp³-hybridized carbons (Fsp3) is 0.368. The summed E-state index contributed by atoms with van der Waals surface area (Å²) in [5.41, 5.74) is 1.19. The second-order valence-corrected chi connectivity index (χ2v) is 6.51. The summed E-state index contributed by atoms with van der Waals surface area (Å²) in [4.78, 5) is 25.6. The predicted molar refractivity (Wildman–Crippen MR) is 94.9 cm³/mol. The van der Waals surface area contributed by atoms with Crippen molar-refractivity contribution in [1.29, 1.82) is 5.26 Å². The topological polar surface area (TPSA) is 82.4 Å². The minimum absolute atomic E-state index is 0.0316. The van der Waals surface area contributed by atoms with E-state index >= 15 is 0 Å². The standard InChI is InChI=1S/C19H19N5O2/c1-26-18-10-17(21-12-22-18)23-8-6-16-15(23)7-9-24(16)19(25)14-4-2-13(11-20)3-5-14/h2-5,10,12,15-16H,6-9H2,1H3/t15-,16+/m0/s1. The molecule has 26 heavy (non-hydrogen) atoms. The molecular formula is C19H19N5O2. The first-order valence-corrected chi connectivity index (χ1v) is 8.65. The Hall–Kier alpha value is -3.14. The first-order chi connectivity index (χ1) is 12.7. The number of nitrogens with zero attached hydrogens (tertiary/aromatic N) is 5. The molecule has 7 nitrogen and oxygen atoms in total. The molecule has 2 atom stereocenters. The molecule has 2 aliphatic rings. The van der Waals surface area contributed by atoms with Gasteiger partial charge in [0.15, 0.2) is 0 Å². The Morgan fingerprint density at radius 1 is 1.19 bits per heavy atom. The van der Waals surface area contributed by atoms with Gasteiger partial charge >= 0.3 is 0 Å². The van der Waals surface area contributed by atoms with Crippen molar-refractivity contribution in [3.05, 3.63) is 47.8 Å². The molecule has 0 spiro atoms. The van der Waals surface area contributed by atoms with E-state index in [0.717, 1.165) is 31.7 Å². The maximum Gasteiger partial charge on any atom is 0.254 e. The SMILES string of the molecule is COc1cc(N2CC[C@@H]3[C@@H]2CCN3C(=O)c2ccc(C#N)cc2)ncn1. The molecular weight excluding hydrogens is 330 g/mol. The normalized spacial score (nSPS) is 21.4. The van der Waals surface area contributed by atoms with Crippen LogP contribution in [0.4, 0.5) is 5.82 Å². The van der Waals surface area contributed by atoms with Gasteiger partial charge in [0.25, 0.3) is 5.91 Å². The summed E-state index contributed by atoms with van der Waals surface area (Å²) in [6.45, 7) is 1.58. The second kappa shape index (κ2) is 6.64. The molecule has 1 amide bonds. The summed E-state index contributed by atoms with van der Waals surface area (Å²) < 4.78 is 5.20. The third-order valence-electron chi connectivity index (χ3n) is 5.23. The Morgan fingerprint density at radius 3 is 2.69 bits per heavy atom. The van der Waals surface area contributed by atoms with Crippen molar-refractivity contribution in [2.45, 2.75) is 24.9 Å². The second-order valence-electron chi connectivity index (χ2n) is 6.51. The van der Waals surface area contributed by atoms with E-state index in [2.05, 4.69) is 20.9 Å². The summed E-state index contributed by atoms with van der Waals surface area (Å²) in [6.07, 6.45) is 3.34. The zero-order chi connectivity index (χ0) is 18.1. The van der Waals surface area contributed by atoms with Crippen molar-refractivity contribution in [2.24, 2.45) is 0 Å². The maximum absolute atomic E-state index is 12.9. The number of aromatic nitrogens is 2. The van der Waals surface area contributed by atoms with Crippen LogP contribution in [0.3, 0.4) is 0 Å². The van der Waals surface area contributed by atoms with E-state index in [0.29, 0.717) is 17.0 Å². The highest BCUT2D eigenvalue weighted by Gasteiger charge is 2.45. The van der Waals surface area contributed by atoms with Crippen LogP contribution < -0.4 is 9.64 Å². The van der Waals surface area contributed by atoms with E-state index in [1.54, 1.807) is 31.4 Å². The van der Waals surface area contributed by atoms with Crippen molar-refractivity contribution in [2.75, 3.05) is 25.1 Å². The summed E-state index contributed by atoms with van der Waals surface area (Å²) in [5, 5.41) is 8.91. The third-order valence-corrected chi connectivity index (χ3v) is 5.23. The quantitative estimate of drug-likeness (QED) is 0.841. The molecule has 2 aromatic rings. The number of fused-ring (bicyclic) bond motifs is 1. The van der Waals surface area contributed by atoms with Crippen LogP contribution in [0.2, 0.25) is 0 Å². The number of rotatable bonds is 3. The number of ether oxygens (including phenoxy) is 1. The Bertz CT molecular complexity index is 861. The molecule has 132 valence electrons.